The summed E-state index contributed by atoms with van der Waals surface area (Å²) < 4.78 is 4.51. The summed E-state index contributed by atoms with van der Waals surface area (Å²) in [4.78, 5) is 23.5. The van der Waals surface area contributed by atoms with Crippen LogP contribution in [-0.2, 0) is 9.53 Å². The van der Waals surface area contributed by atoms with Gasteiger partial charge in [0.05, 0.1) is 7.11 Å². The number of carbonyl (C=O) groups is 2. The van der Waals surface area contributed by atoms with Crippen LogP contribution in [0.1, 0.15) is 12.8 Å². The number of carboxylic acid groups (broad SMARTS) is 1. The van der Waals surface area contributed by atoms with Crippen molar-refractivity contribution in [3.8, 4) is 0 Å². The summed E-state index contributed by atoms with van der Waals surface area (Å²) in [6, 6.07) is 0. The minimum Gasteiger partial charge on any atom is -0.481 e. The zero-order valence-corrected chi connectivity index (χ0v) is 8.73. The van der Waals surface area contributed by atoms with Crippen LogP contribution in [0.3, 0.4) is 0 Å². The maximum atomic E-state index is 11.1. The van der Waals surface area contributed by atoms with Crippen LogP contribution >= 0.6 is 0 Å². The van der Waals surface area contributed by atoms with Crippen molar-refractivity contribution in [1.82, 2.24) is 4.90 Å². The maximum Gasteiger partial charge on any atom is 0.409 e. The highest BCUT2D eigenvalue weighted by atomic mass is 16.5. The van der Waals surface area contributed by atoms with Gasteiger partial charge in [0, 0.05) is 13.1 Å². The number of carbonyl (C=O) groups excluding carboxylic acids is 1. The third kappa shape index (κ3) is 2.11. The van der Waals surface area contributed by atoms with Crippen LogP contribution in [0, 0.1) is 5.41 Å². The summed E-state index contributed by atoms with van der Waals surface area (Å²) in [6.07, 6.45) is 2.37. The van der Waals surface area contributed by atoms with Crippen molar-refractivity contribution in [2.75, 3.05) is 20.2 Å². The van der Waals surface area contributed by atoms with Crippen molar-refractivity contribution >= 4 is 12.1 Å². The molecular formula is C10H15NO4. The molecule has 1 amide bonds. The Morgan fingerprint density at radius 2 is 2.20 bits per heavy atom. The fourth-order valence-corrected chi connectivity index (χ4v) is 1.72. The summed E-state index contributed by atoms with van der Waals surface area (Å²) in [6.45, 7) is 4.00. The Labute approximate surface area is 88.3 Å². The van der Waals surface area contributed by atoms with Crippen LogP contribution in [0.5, 0.6) is 0 Å². The number of ether oxygens (including phenoxy) is 1. The molecule has 0 spiro atoms. The minimum atomic E-state index is -0.857. The molecule has 1 fully saturated rings. The Bertz CT molecular complexity index is 281. The van der Waals surface area contributed by atoms with Crippen molar-refractivity contribution in [2.45, 2.75) is 12.8 Å². The van der Waals surface area contributed by atoms with E-state index >= 15 is 0 Å². The number of allylic oxidation sites excluding steroid dienone is 1. The average Bonchev–Trinajstić information content (AvgIpc) is 2.15. The molecule has 0 aromatic heterocycles. The molecule has 0 aromatic carbocycles. The molecular weight excluding hydrogens is 198 g/mol. The lowest BCUT2D eigenvalue weighted by Gasteiger charge is -2.46. The average molecular weight is 213 g/mol. The molecule has 0 radical (unpaired) electrons. The van der Waals surface area contributed by atoms with Crippen molar-refractivity contribution in [2.24, 2.45) is 5.41 Å². The first-order valence-electron chi connectivity index (χ1n) is 4.73. The van der Waals surface area contributed by atoms with Gasteiger partial charge in [0.25, 0.3) is 0 Å². The SMILES string of the molecule is C=CCCC1(C(=O)O)CN(C(=O)OC)C1. The predicted octanol–water partition coefficient (Wildman–Crippen LogP) is 1.11. The molecule has 0 bridgehead atoms. The predicted molar refractivity (Wildman–Crippen MR) is 53.5 cm³/mol. The smallest absolute Gasteiger partial charge is 0.409 e. The Kier molecular flexibility index (Phi) is 3.34. The van der Waals surface area contributed by atoms with Gasteiger partial charge in [-0.05, 0) is 12.8 Å². The Morgan fingerprint density at radius 1 is 1.60 bits per heavy atom. The van der Waals surface area contributed by atoms with E-state index in [1.54, 1.807) is 6.08 Å². The molecule has 0 aromatic rings. The van der Waals surface area contributed by atoms with E-state index < -0.39 is 17.5 Å². The van der Waals surface area contributed by atoms with Crippen LogP contribution in [0.25, 0.3) is 0 Å². The van der Waals surface area contributed by atoms with E-state index in [2.05, 4.69) is 11.3 Å². The van der Waals surface area contributed by atoms with Crippen LogP contribution in [0.15, 0.2) is 12.7 Å². The van der Waals surface area contributed by atoms with Gasteiger partial charge in [-0.3, -0.25) is 4.79 Å². The van der Waals surface area contributed by atoms with E-state index in [0.717, 1.165) is 0 Å². The highest BCUT2D eigenvalue weighted by molar-refractivity contribution is 5.80. The quantitative estimate of drug-likeness (QED) is 0.710. The van der Waals surface area contributed by atoms with Crippen molar-refractivity contribution in [3.63, 3.8) is 0 Å². The van der Waals surface area contributed by atoms with E-state index in [9.17, 15) is 9.59 Å². The highest BCUT2D eigenvalue weighted by Crippen LogP contribution is 2.35. The van der Waals surface area contributed by atoms with Crippen molar-refractivity contribution in [3.05, 3.63) is 12.7 Å². The molecule has 1 heterocycles. The van der Waals surface area contributed by atoms with Gasteiger partial charge >= 0.3 is 12.1 Å². The fourth-order valence-electron chi connectivity index (χ4n) is 1.72. The number of rotatable bonds is 4. The van der Waals surface area contributed by atoms with Gasteiger partial charge in [0.2, 0.25) is 0 Å². The molecule has 0 unspecified atom stereocenters. The Balaban J connectivity index is 2.56. The summed E-state index contributed by atoms with van der Waals surface area (Å²) in [7, 11) is 1.28. The molecule has 15 heavy (non-hydrogen) atoms. The number of hydrogen-bond acceptors (Lipinski definition) is 3. The number of aliphatic carboxylic acids is 1. The van der Waals surface area contributed by atoms with Gasteiger partial charge in [-0.25, -0.2) is 4.79 Å². The molecule has 1 N–H and O–H groups in total. The monoisotopic (exact) mass is 213 g/mol. The fraction of sp³-hybridized carbons (Fsp3) is 0.600. The summed E-state index contributed by atoms with van der Waals surface area (Å²) in [5, 5.41) is 9.07. The van der Waals surface area contributed by atoms with E-state index in [1.807, 2.05) is 0 Å². The number of likely N-dealkylation sites (tertiary alicyclic amines) is 1. The first-order valence-corrected chi connectivity index (χ1v) is 4.73. The molecule has 1 aliphatic rings. The minimum absolute atomic E-state index is 0.225. The zero-order valence-electron chi connectivity index (χ0n) is 8.73. The van der Waals surface area contributed by atoms with Gasteiger partial charge in [-0.1, -0.05) is 6.08 Å². The summed E-state index contributed by atoms with van der Waals surface area (Å²) >= 11 is 0. The van der Waals surface area contributed by atoms with Gasteiger partial charge < -0.3 is 14.7 Å². The number of nitrogens with zero attached hydrogens (tertiary/aromatic N) is 1. The second kappa shape index (κ2) is 4.33. The molecule has 0 aliphatic carbocycles. The van der Waals surface area contributed by atoms with Gasteiger partial charge in [-0.15, -0.1) is 6.58 Å². The Morgan fingerprint density at radius 3 is 2.60 bits per heavy atom. The molecule has 1 rings (SSSR count). The first kappa shape index (κ1) is 11.6. The highest BCUT2D eigenvalue weighted by Gasteiger charge is 2.51. The van der Waals surface area contributed by atoms with E-state index in [-0.39, 0.29) is 13.1 Å². The first-order chi connectivity index (χ1) is 7.05. The summed E-state index contributed by atoms with van der Waals surface area (Å²) in [5.41, 5.74) is -0.803. The van der Waals surface area contributed by atoms with Gasteiger partial charge in [-0.2, -0.15) is 0 Å². The zero-order chi connectivity index (χ0) is 11.5. The molecule has 84 valence electrons. The lowest BCUT2D eigenvalue weighted by Crippen LogP contribution is -2.62. The summed E-state index contributed by atoms with van der Waals surface area (Å²) in [5.74, 6) is -0.857. The maximum absolute atomic E-state index is 11.1. The molecule has 1 aliphatic heterocycles. The van der Waals surface area contributed by atoms with Crippen LogP contribution in [0.2, 0.25) is 0 Å². The molecule has 5 nitrogen and oxygen atoms in total. The third-order valence-corrected chi connectivity index (χ3v) is 2.70. The van der Waals surface area contributed by atoms with E-state index in [4.69, 9.17) is 5.11 Å². The van der Waals surface area contributed by atoms with Crippen LogP contribution in [0.4, 0.5) is 4.79 Å². The lowest BCUT2D eigenvalue weighted by atomic mass is 9.76. The second-order valence-corrected chi connectivity index (χ2v) is 3.74. The van der Waals surface area contributed by atoms with Crippen LogP contribution in [-0.4, -0.2) is 42.3 Å². The molecule has 0 saturated carbocycles. The van der Waals surface area contributed by atoms with Gasteiger partial charge in [0.15, 0.2) is 0 Å². The third-order valence-electron chi connectivity index (χ3n) is 2.70. The standard InChI is InChI=1S/C10H15NO4/c1-3-4-5-10(8(12)13)6-11(7-10)9(14)15-2/h3H,1,4-7H2,2H3,(H,12,13). The number of methoxy groups -OCH3 is 1. The van der Waals surface area contributed by atoms with Crippen LogP contribution < -0.4 is 0 Å². The molecule has 0 atom stereocenters. The topological polar surface area (TPSA) is 66.8 Å². The van der Waals surface area contributed by atoms with Gasteiger partial charge in [0.1, 0.15) is 5.41 Å². The number of amides is 1. The number of hydrogen-bond donors (Lipinski definition) is 1. The molecule has 5 heteroatoms. The number of carboxylic acids is 1. The largest absolute Gasteiger partial charge is 0.481 e. The van der Waals surface area contributed by atoms with Crippen molar-refractivity contribution < 1.29 is 19.4 Å². The normalized spacial score (nSPS) is 17.8. The van der Waals surface area contributed by atoms with E-state index in [0.29, 0.717) is 12.8 Å². The molecule has 1 saturated heterocycles. The second-order valence-electron chi connectivity index (χ2n) is 3.74. The Hall–Kier alpha value is -1.52. The van der Waals surface area contributed by atoms with E-state index in [1.165, 1.54) is 12.0 Å². The lowest BCUT2D eigenvalue weighted by molar-refractivity contribution is -0.159. The van der Waals surface area contributed by atoms with Crippen molar-refractivity contribution in [1.29, 1.82) is 0 Å².